The number of carbonyl (C=O) groups is 1. The fourth-order valence-corrected chi connectivity index (χ4v) is 3.79. The highest BCUT2D eigenvalue weighted by Crippen LogP contribution is 2.44. The number of rotatable bonds is 2. The van der Waals surface area contributed by atoms with Gasteiger partial charge in [0.1, 0.15) is 5.78 Å². The van der Waals surface area contributed by atoms with Crippen LogP contribution in [0.3, 0.4) is 0 Å². The van der Waals surface area contributed by atoms with Crippen molar-refractivity contribution < 1.29 is 4.79 Å². The van der Waals surface area contributed by atoms with E-state index in [9.17, 15) is 4.79 Å². The lowest BCUT2D eigenvalue weighted by Crippen LogP contribution is -2.58. The van der Waals surface area contributed by atoms with E-state index in [0.717, 1.165) is 5.69 Å². The molecule has 2 N–H and O–H groups in total. The van der Waals surface area contributed by atoms with Crippen LogP contribution in [-0.2, 0) is 4.79 Å². The van der Waals surface area contributed by atoms with Gasteiger partial charge in [-0.3, -0.25) is 4.79 Å². The predicted molar refractivity (Wildman–Crippen MR) is 91.4 cm³/mol. The number of nitrogens with one attached hydrogen (secondary N) is 2. The maximum Gasteiger partial charge on any atom is 0.171 e. The van der Waals surface area contributed by atoms with E-state index in [-0.39, 0.29) is 16.9 Å². The number of Topliss-reactive ketones (excluding diaryl/α,β-unsaturated/α-hetero) is 1. The molecule has 0 atom stereocenters. The zero-order chi connectivity index (χ0) is 15.7. The largest absolute Gasteiger partial charge is 0.359 e. The minimum Gasteiger partial charge on any atom is -0.359 e. The first-order valence-electron chi connectivity index (χ1n) is 7.35. The molecule has 2 rings (SSSR count). The summed E-state index contributed by atoms with van der Waals surface area (Å²) in [4.78, 5) is 11.9. The second-order valence-electron chi connectivity index (χ2n) is 7.27. The number of thiocarbonyl (C=S) groups is 1. The maximum atomic E-state index is 11.9. The third-order valence-corrected chi connectivity index (χ3v) is 4.40. The van der Waals surface area contributed by atoms with Crippen LogP contribution in [0.1, 0.15) is 40.5 Å². The van der Waals surface area contributed by atoms with Gasteiger partial charge in [-0.15, -0.1) is 0 Å². The summed E-state index contributed by atoms with van der Waals surface area (Å²) in [5.41, 5.74) is 0.750. The molecule has 114 valence electrons. The third-order valence-electron chi connectivity index (χ3n) is 4.18. The smallest absolute Gasteiger partial charge is 0.171 e. The van der Waals surface area contributed by atoms with Gasteiger partial charge in [-0.25, -0.2) is 0 Å². The average molecular weight is 304 g/mol. The molecule has 3 nitrogen and oxygen atoms in total. The number of hydrogen-bond acceptors (Lipinski definition) is 2. The molecule has 21 heavy (non-hydrogen) atoms. The first-order valence-corrected chi connectivity index (χ1v) is 7.76. The van der Waals surface area contributed by atoms with E-state index in [1.165, 1.54) is 0 Å². The minimum atomic E-state index is -0.110. The van der Waals surface area contributed by atoms with E-state index in [1.807, 2.05) is 30.3 Å². The van der Waals surface area contributed by atoms with Crippen molar-refractivity contribution in [3.63, 3.8) is 0 Å². The average Bonchev–Trinajstić information content (AvgIpc) is 2.34. The van der Waals surface area contributed by atoms with E-state index in [4.69, 9.17) is 12.2 Å². The minimum absolute atomic E-state index is 0.110. The Balaban J connectivity index is 2.09. The van der Waals surface area contributed by atoms with Crippen LogP contribution in [0, 0.1) is 10.8 Å². The second-order valence-corrected chi connectivity index (χ2v) is 7.68. The highest BCUT2D eigenvalue weighted by Gasteiger charge is 2.47. The first-order chi connectivity index (χ1) is 9.71. The number of hydrogen-bond donors (Lipinski definition) is 2. The van der Waals surface area contributed by atoms with Crippen molar-refractivity contribution >= 4 is 28.8 Å². The van der Waals surface area contributed by atoms with Gasteiger partial charge in [-0.05, 0) is 35.2 Å². The molecule has 1 aromatic rings. The zero-order valence-electron chi connectivity index (χ0n) is 13.2. The van der Waals surface area contributed by atoms with Crippen LogP contribution >= 0.6 is 12.2 Å². The van der Waals surface area contributed by atoms with Crippen molar-refractivity contribution in [2.24, 2.45) is 10.8 Å². The van der Waals surface area contributed by atoms with E-state index in [1.54, 1.807) is 0 Å². The summed E-state index contributed by atoms with van der Waals surface area (Å²) in [6.07, 6.45) is 1.20. The van der Waals surface area contributed by atoms with Crippen LogP contribution in [0.4, 0.5) is 5.69 Å². The molecule has 1 aliphatic rings. The topological polar surface area (TPSA) is 41.1 Å². The molecule has 0 aliphatic heterocycles. The van der Waals surface area contributed by atoms with Crippen molar-refractivity contribution in [3.05, 3.63) is 30.3 Å². The Kier molecular flexibility index (Phi) is 4.38. The first kappa shape index (κ1) is 16.0. The molecule has 0 amide bonds. The van der Waals surface area contributed by atoms with Crippen LogP contribution in [0.25, 0.3) is 0 Å². The number of anilines is 1. The summed E-state index contributed by atoms with van der Waals surface area (Å²) in [5.74, 6) is 0.338. The molecule has 0 bridgehead atoms. The SMILES string of the molecule is CC1(C)CC(=O)CC(C)(C)C1NC(=S)Nc1ccccc1. The Morgan fingerprint density at radius 3 is 2.14 bits per heavy atom. The number of para-hydroxylation sites is 1. The molecule has 1 aromatic carbocycles. The lowest BCUT2D eigenvalue weighted by molar-refractivity contribution is -0.128. The van der Waals surface area contributed by atoms with Crippen molar-refractivity contribution in [2.45, 2.75) is 46.6 Å². The Labute approximate surface area is 132 Å². The van der Waals surface area contributed by atoms with Crippen molar-refractivity contribution in [2.75, 3.05) is 5.32 Å². The fraction of sp³-hybridized carbons (Fsp3) is 0.529. The molecule has 0 spiro atoms. The molecule has 0 heterocycles. The van der Waals surface area contributed by atoms with Gasteiger partial charge in [0.2, 0.25) is 0 Å². The molecule has 4 heteroatoms. The van der Waals surface area contributed by atoms with Gasteiger partial charge in [-0.2, -0.15) is 0 Å². The summed E-state index contributed by atoms with van der Waals surface area (Å²) < 4.78 is 0. The Bertz CT molecular complexity index is 517. The predicted octanol–water partition coefficient (Wildman–Crippen LogP) is 3.76. The van der Waals surface area contributed by atoms with Crippen LogP contribution in [0.2, 0.25) is 0 Å². The lowest BCUT2D eigenvalue weighted by atomic mass is 9.61. The van der Waals surface area contributed by atoms with Gasteiger partial charge >= 0.3 is 0 Å². The van der Waals surface area contributed by atoms with E-state index in [2.05, 4.69) is 38.3 Å². The summed E-state index contributed by atoms with van der Waals surface area (Å²) in [7, 11) is 0. The molecule has 0 radical (unpaired) electrons. The fourth-order valence-electron chi connectivity index (χ4n) is 3.55. The highest BCUT2D eigenvalue weighted by molar-refractivity contribution is 7.80. The van der Waals surface area contributed by atoms with E-state index >= 15 is 0 Å². The van der Waals surface area contributed by atoms with Gasteiger partial charge in [0, 0.05) is 24.6 Å². The Morgan fingerprint density at radius 1 is 1.10 bits per heavy atom. The number of carbonyl (C=O) groups excluding carboxylic acids is 1. The van der Waals surface area contributed by atoms with Crippen LogP contribution in [0.5, 0.6) is 0 Å². The van der Waals surface area contributed by atoms with Gasteiger partial charge in [-0.1, -0.05) is 45.9 Å². The van der Waals surface area contributed by atoms with Gasteiger partial charge < -0.3 is 10.6 Å². The highest BCUT2D eigenvalue weighted by atomic mass is 32.1. The summed E-state index contributed by atoms with van der Waals surface area (Å²) >= 11 is 5.44. The molecule has 1 saturated carbocycles. The molecular weight excluding hydrogens is 280 g/mol. The molecule has 1 aliphatic carbocycles. The van der Waals surface area contributed by atoms with Crippen LogP contribution < -0.4 is 10.6 Å². The molecule has 1 fully saturated rings. The Morgan fingerprint density at radius 2 is 1.62 bits per heavy atom. The van der Waals surface area contributed by atoms with Crippen molar-refractivity contribution in [1.82, 2.24) is 5.32 Å². The maximum absolute atomic E-state index is 11.9. The zero-order valence-corrected chi connectivity index (χ0v) is 14.0. The van der Waals surface area contributed by atoms with Gasteiger partial charge in [0.05, 0.1) is 0 Å². The Hall–Kier alpha value is -1.42. The summed E-state index contributed by atoms with van der Waals surface area (Å²) in [6.45, 7) is 8.53. The van der Waals surface area contributed by atoms with E-state index < -0.39 is 0 Å². The monoisotopic (exact) mass is 304 g/mol. The van der Waals surface area contributed by atoms with E-state index in [0.29, 0.717) is 23.7 Å². The summed E-state index contributed by atoms with van der Waals surface area (Å²) in [6, 6.07) is 10.0. The van der Waals surface area contributed by atoms with Gasteiger partial charge in [0.25, 0.3) is 0 Å². The van der Waals surface area contributed by atoms with Gasteiger partial charge in [0.15, 0.2) is 5.11 Å². The molecule has 0 unspecified atom stereocenters. The van der Waals surface area contributed by atoms with Crippen LogP contribution in [-0.4, -0.2) is 16.9 Å². The third kappa shape index (κ3) is 3.82. The summed E-state index contributed by atoms with van der Waals surface area (Å²) in [5, 5.41) is 7.26. The quantitative estimate of drug-likeness (QED) is 0.816. The lowest BCUT2D eigenvalue weighted by Gasteiger charge is -2.49. The molecule has 0 saturated heterocycles. The van der Waals surface area contributed by atoms with Crippen molar-refractivity contribution in [1.29, 1.82) is 0 Å². The normalized spacial score (nSPS) is 20.9. The number of benzene rings is 1. The second kappa shape index (κ2) is 5.76. The van der Waals surface area contributed by atoms with Crippen molar-refractivity contribution in [3.8, 4) is 0 Å². The molecule has 0 aromatic heterocycles. The standard InChI is InChI=1S/C17H24N2OS/c1-16(2)10-13(20)11-17(3,4)14(16)19-15(21)18-12-8-6-5-7-9-12/h5-9,14H,10-11H2,1-4H3,(H2,18,19,21). The molecular formula is C17H24N2OS. The van der Waals surface area contributed by atoms with Crippen LogP contribution in [0.15, 0.2) is 30.3 Å². The number of ketones is 1.